The predicted molar refractivity (Wildman–Crippen MR) is 70.3 cm³/mol. The van der Waals surface area contributed by atoms with Crippen LogP contribution in [-0.4, -0.2) is 39.2 Å². The van der Waals surface area contributed by atoms with Crippen LogP contribution in [-0.2, 0) is 14.0 Å². The lowest BCUT2D eigenvalue weighted by molar-refractivity contribution is -0.140. The molecule has 0 rings (SSSR count). The number of aliphatic hydroxyl groups is 1. The maximum absolute atomic E-state index is 11.2. The van der Waals surface area contributed by atoms with Gasteiger partial charge in [0.25, 0.3) is 0 Å². The minimum atomic E-state index is -1.78. The second-order valence-corrected chi connectivity index (χ2v) is 10.3. The van der Waals surface area contributed by atoms with E-state index in [1.54, 1.807) is 0 Å². The normalized spacial score (nSPS) is 12.4. The molecule has 0 spiro atoms. The molecule has 4 nitrogen and oxygen atoms in total. The predicted octanol–water partition coefficient (Wildman–Crippen LogP) is 2.10. The van der Waals surface area contributed by atoms with Crippen molar-refractivity contribution in [3.63, 3.8) is 0 Å². The van der Waals surface area contributed by atoms with Crippen LogP contribution in [0, 0.1) is 0 Å². The molecule has 0 bridgehead atoms. The summed E-state index contributed by atoms with van der Waals surface area (Å²) in [6.45, 7) is 14.3. The summed E-state index contributed by atoms with van der Waals surface area (Å²) in [5.41, 5.74) is 0.0670. The van der Waals surface area contributed by atoms with Crippen molar-refractivity contribution in [2.75, 3.05) is 19.8 Å². The van der Waals surface area contributed by atoms with Crippen LogP contribution < -0.4 is 0 Å². The number of rotatable bonds is 6. The molecule has 0 saturated carbocycles. The van der Waals surface area contributed by atoms with Crippen molar-refractivity contribution >= 4 is 14.3 Å². The Bertz CT molecular complexity index is 279. The number of esters is 1. The summed E-state index contributed by atoms with van der Waals surface area (Å²) in [5, 5.41) is 8.82. The third kappa shape index (κ3) is 5.47. The van der Waals surface area contributed by atoms with Gasteiger partial charge in [-0.3, -0.25) is 0 Å². The Kier molecular flexibility index (Phi) is 6.08. The quantitative estimate of drug-likeness (QED) is 0.344. The van der Waals surface area contributed by atoms with Crippen LogP contribution in [0.5, 0.6) is 0 Å². The fraction of sp³-hybridized carbons (Fsp3) is 0.750. The van der Waals surface area contributed by atoms with Gasteiger partial charge < -0.3 is 14.3 Å². The summed E-state index contributed by atoms with van der Waals surface area (Å²) in [4.78, 5) is 11.2. The highest BCUT2D eigenvalue weighted by Gasteiger charge is 2.36. The zero-order chi connectivity index (χ0) is 13.7. The van der Waals surface area contributed by atoms with Gasteiger partial charge in [0.15, 0.2) is 8.32 Å². The van der Waals surface area contributed by atoms with Gasteiger partial charge in [0, 0.05) is 0 Å². The number of hydrogen-bond donors (Lipinski definition) is 1. The second-order valence-electron chi connectivity index (χ2n) is 5.51. The molecule has 0 aliphatic carbocycles. The van der Waals surface area contributed by atoms with E-state index in [9.17, 15) is 4.79 Å². The third-order valence-corrected chi connectivity index (χ3v) is 7.60. The van der Waals surface area contributed by atoms with Crippen molar-refractivity contribution in [2.45, 2.75) is 38.9 Å². The number of carbonyl (C=O) groups is 1. The molecule has 0 aromatic heterocycles. The van der Waals surface area contributed by atoms with Gasteiger partial charge in [0.05, 0.1) is 18.8 Å². The smallest absolute Gasteiger partial charge is 0.335 e. The minimum Gasteiger partial charge on any atom is -0.460 e. The van der Waals surface area contributed by atoms with Crippen molar-refractivity contribution in [1.29, 1.82) is 0 Å². The van der Waals surface area contributed by atoms with Crippen LogP contribution in [0.2, 0.25) is 18.1 Å². The van der Waals surface area contributed by atoms with Crippen LogP contribution in [0.3, 0.4) is 0 Å². The first-order valence-electron chi connectivity index (χ1n) is 5.71. The average molecular weight is 260 g/mol. The SMILES string of the molecule is C=C(CO)C(=O)OCCO[Si](C)(C)C(C)(C)C. The first-order chi connectivity index (χ1) is 7.62. The van der Waals surface area contributed by atoms with Crippen molar-refractivity contribution < 1.29 is 19.1 Å². The van der Waals surface area contributed by atoms with Crippen molar-refractivity contribution in [2.24, 2.45) is 0 Å². The Balaban J connectivity index is 3.94. The lowest BCUT2D eigenvalue weighted by Crippen LogP contribution is -2.41. The van der Waals surface area contributed by atoms with Gasteiger partial charge >= 0.3 is 5.97 Å². The Morgan fingerprint density at radius 3 is 2.24 bits per heavy atom. The molecule has 0 amide bonds. The fourth-order valence-corrected chi connectivity index (χ4v) is 1.84. The van der Waals surface area contributed by atoms with E-state index in [2.05, 4.69) is 40.4 Å². The van der Waals surface area contributed by atoms with E-state index in [0.29, 0.717) is 6.61 Å². The summed E-state index contributed by atoms with van der Waals surface area (Å²) < 4.78 is 10.7. The van der Waals surface area contributed by atoms with Crippen LogP contribution in [0.1, 0.15) is 20.8 Å². The third-order valence-electron chi connectivity index (χ3n) is 3.07. The highest BCUT2D eigenvalue weighted by molar-refractivity contribution is 6.74. The summed E-state index contributed by atoms with van der Waals surface area (Å²) in [5.74, 6) is -0.564. The first kappa shape index (κ1) is 16.3. The highest BCUT2D eigenvalue weighted by Crippen LogP contribution is 2.36. The molecule has 0 aromatic carbocycles. The molecule has 0 fully saturated rings. The topological polar surface area (TPSA) is 55.8 Å². The molecule has 0 aliphatic heterocycles. The minimum absolute atomic E-state index is 0.0670. The maximum Gasteiger partial charge on any atom is 0.335 e. The molecule has 0 heterocycles. The zero-order valence-corrected chi connectivity index (χ0v) is 12.5. The molecule has 5 heteroatoms. The van der Waals surface area contributed by atoms with Crippen LogP contribution >= 0.6 is 0 Å². The number of ether oxygens (including phenoxy) is 1. The molecule has 0 aliphatic rings. The summed E-state index contributed by atoms with van der Waals surface area (Å²) in [6.07, 6.45) is 0. The van der Waals surface area contributed by atoms with Gasteiger partial charge in [-0.2, -0.15) is 0 Å². The molecule has 0 radical (unpaired) electrons. The summed E-state index contributed by atoms with van der Waals surface area (Å²) in [6, 6.07) is 0. The lowest BCUT2D eigenvalue weighted by Gasteiger charge is -2.36. The van der Waals surface area contributed by atoms with E-state index >= 15 is 0 Å². The van der Waals surface area contributed by atoms with E-state index in [0.717, 1.165) is 0 Å². The molecule has 100 valence electrons. The van der Waals surface area contributed by atoms with Crippen molar-refractivity contribution in [1.82, 2.24) is 0 Å². The van der Waals surface area contributed by atoms with Gasteiger partial charge in [-0.25, -0.2) is 4.79 Å². The standard InChI is InChI=1S/C12H24O4Si/c1-10(9-13)11(14)15-7-8-16-17(5,6)12(2,3)4/h13H,1,7-9H2,2-6H3. The Hall–Kier alpha value is -0.653. The van der Waals surface area contributed by atoms with E-state index in [-0.39, 0.29) is 23.8 Å². The summed E-state index contributed by atoms with van der Waals surface area (Å²) in [7, 11) is -1.78. The Morgan fingerprint density at radius 1 is 1.29 bits per heavy atom. The van der Waals surface area contributed by atoms with Gasteiger partial charge in [0.2, 0.25) is 0 Å². The molecule has 0 unspecified atom stereocenters. The van der Waals surface area contributed by atoms with Crippen molar-refractivity contribution in [3.8, 4) is 0 Å². The highest BCUT2D eigenvalue weighted by atomic mass is 28.4. The summed E-state index contributed by atoms with van der Waals surface area (Å²) >= 11 is 0. The van der Waals surface area contributed by atoms with Gasteiger partial charge in [0.1, 0.15) is 6.61 Å². The Morgan fingerprint density at radius 2 is 1.82 bits per heavy atom. The largest absolute Gasteiger partial charge is 0.460 e. The molecule has 1 N–H and O–H groups in total. The van der Waals surface area contributed by atoms with Crippen LogP contribution in [0.4, 0.5) is 0 Å². The van der Waals surface area contributed by atoms with Crippen LogP contribution in [0.15, 0.2) is 12.2 Å². The van der Waals surface area contributed by atoms with Gasteiger partial charge in [-0.1, -0.05) is 27.4 Å². The number of aliphatic hydroxyl groups excluding tert-OH is 1. The second kappa shape index (κ2) is 6.33. The van der Waals surface area contributed by atoms with Gasteiger partial charge in [-0.15, -0.1) is 0 Å². The first-order valence-corrected chi connectivity index (χ1v) is 8.62. The monoisotopic (exact) mass is 260 g/mol. The number of carbonyl (C=O) groups excluding carboxylic acids is 1. The maximum atomic E-state index is 11.2. The van der Waals surface area contributed by atoms with E-state index in [1.807, 2.05) is 0 Å². The molecular formula is C12H24O4Si. The van der Waals surface area contributed by atoms with Gasteiger partial charge in [-0.05, 0) is 18.1 Å². The van der Waals surface area contributed by atoms with E-state index < -0.39 is 14.3 Å². The number of hydrogen-bond acceptors (Lipinski definition) is 4. The molecule has 17 heavy (non-hydrogen) atoms. The molecule has 0 atom stereocenters. The van der Waals surface area contributed by atoms with Crippen LogP contribution in [0.25, 0.3) is 0 Å². The van der Waals surface area contributed by atoms with E-state index in [4.69, 9.17) is 14.3 Å². The van der Waals surface area contributed by atoms with Crippen molar-refractivity contribution in [3.05, 3.63) is 12.2 Å². The Labute approximate surface area is 105 Å². The molecular weight excluding hydrogens is 236 g/mol. The molecule has 0 saturated heterocycles. The average Bonchev–Trinajstić information content (AvgIpc) is 2.21. The molecule has 0 aromatic rings. The lowest BCUT2D eigenvalue weighted by atomic mass is 10.2. The zero-order valence-electron chi connectivity index (χ0n) is 11.5. The fourth-order valence-electron chi connectivity index (χ4n) is 0.814. The van der Waals surface area contributed by atoms with E-state index in [1.165, 1.54) is 0 Å².